The highest BCUT2D eigenvalue weighted by molar-refractivity contribution is 7.07. The normalized spacial score (nSPS) is 17.6. The van der Waals surface area contributed by atoms with E-state index in [2.05, 4.69) is 63.6 Å². The zero-order chi connectivity index (χ0) is 20.5. The van der Waals surface area contributed by atoms with Crippen LogP contribution < -0.4 is 15.4 Å². The molecular formula is C23H33N3O2S. The lowest BCUT2D eigenvalue weighted by Crippen LogP contribution is -2.48. The van der Waals surface area contributed by atoms with Gasteiger partial charge in [-0.3, -0.25) is 4.99 Å². The maximum Gasteiger partial charge on any atom is 0.191 e. The minimum Gasteiger partial charge on any atom is -0.494 e. The Morgan fingerprint density at radius 3 is 2.59 bits per heavy atom. The third-order valence-corrected chi connectivity index (χ3v) is 6.43. The molecule has 29 heavy (non-hydrogen) atoms. The molecule has 0 spiro atoms. The van der Waals surface area contributed by atoms with E-state index in [1.807, 2.05) is 14.0 Å². The van der Waals surface area contributed by atoms with E-state index in [-0.39, 0.29) is 5.41 Å². The van der Waals surface area contributed by atoms with Crippen molar-refractivity contribution in [3.63, 3.8) is 0 Å². The van der Waals surface area contributed by atoms with E-state index in [4.69, 9.17) is 9.47 Å². The summed E-state index contributed by atoms with van der Waals surface area (Å²) in [7, 11) is 1.83. The molecule has 6 heteroatoms. The molecule has 0 amide bonds. The second kappa shape index (κ2) is 10.6. The Bertz CT molecular complexity index is 753. The Hall–Kier alpha value is -2.05. The van der Waals surface area contributed by atoms with E-state index in [9.17, 15) is 0 Å². The van der Waals surface area contributed by atoms with Crippen LogP contribution in [0.2, 0.25) is 0 Å². The SMILES string of the molecule is CCOc1ccc(C2(CNC(=NC)NCC(C)c3ccsc3)CCOCC2)cc1. The van der Waals surface area contributed by atoms with Gasteiger partial charge in [-0.2, -0.15) is 11.3 Å². The fourth-order valence-corrected chi connectivity index (χ4v) is 4.58. The van der Waals surface area contributed by atoms with Gasteiger partial charge in [0.1, 0.15) is 5.75 Å². The van der Waals surface area contributed by atoms with Gasteiger partial charge in [-0.05, 0) is 65.8 Å². The van der Waals surface area contributed by atoms with Crippen molar-refractivity contribution in [2.75, 3.05) is 40.0 Å². The molecule has 0 aliphatic carbocycles. The molecule has 1 aromatic carbocycles. The van der Waals surface area contributed by atoms with E-state index in [0.29, 0.717) is 12.5 Å². The van der Waals surface area contributed by atoms with Gasteiger partial charge in [-0.1, -0.05) is 19.1 Å². The lowest BCUT2D eigenvalue weighted by atomic mass is 9.74. The molecule has 3 rings (SSSR count). The van der Waals surface area contributed by atoms with Crippen LogP contribution in [0.1, 0.15) is 43.7 Å². The van der Waals surface area contributed by atoms with Gasteiger partial charge in [0, 0.05) is 38.8 Å². The third kappa shape index (κ3) is 5.73. The number of rotatable bonds is 8. The van der Waals surface area contributed by atoms with Crippen LogP contribution in [0.15, 0.2) is 46.1 Å². The Morgan fingerprint density at radius 1 is 1.21 bits per heavy atom. The quantitative estimate of drug-likeness (QED) is 0.502. The monoisotopic (exact) mass is 415 g/mol. The first-order chi connectivity index (χ1) is 14.2. The van der Waals surface area contributed by atoms with Gasteiger partial charge in [-0.15, -0.1) is 0 Å². The molecule has 0 saturated carbocycles. The van der Waals surface area contributed by atoms with Crippen LogP contribution in [-0.2, 0) is 10.2 Å². The standard InChI is InChI=1S/C23H33N3O2S/c1-4-28-21-7-5-20(6-8-21)23(10-12-27-13-11-23)17-26-22(24-3)25-15-18(2)19-9-14-29-16-19/h5-9,14,16,18H,4,10-13,15,17H2,1-3H3,(H2,24,25,26). The molecule has 1 aliphatic heterocycles. The second-order valence-electron chi connectivity index (χ2n) is 7.61. The Kier molecular flexibility index (Phi) is 7.95. The van der Waals surface area contributed by atoms with Gasteiger partial charge in [0.2, 0.25) is 0 Å². The van der Waals surface area contributed by atoms with E-state index < -0.39 is 0 Å². The number of benzene rings is 1. The molecule has 2 heterocycles. The van der Waals surface area contributed by atoms with Gasteiger partial charge >= 0.3 is 0 Å². The van der Waals surface area contributed by atoms with Crippen molar-refractivity contribution in [1.82, 2.24) is 10.6 Å². The lowest BCUT2D eigenvalue weighted by molar-refractivity contribution is 0.0513. The maximum atomic E-state index is 5.66. The van der Waals surface area contributed by atoms with E-state index in [1.165, 1.54) is 11.1 Å². The van der Waals surface area contributed by atoms with Crippen LogP contribution in [-0.4, -0.2) is 45.9 Å². The number of aliphatic imine (C=N–C) groups is 1. The molecule has 158 valence electrons. The highest BCUT2D eigenvalue weighted by Crippen LogP contribution is 2.35. The van der Waals surface area contributed by atoms with Crippen LogP contribution in [0.4, 0.5) is 0 Å². The Labute approximate surface area is 178 Å². The maximum absolute atomic E-state index is 5.66. The van der Waals surface area contributed by atoms with Gasteiger partial charge in [0.25, 0.3) is 0 Å². The first-order valence-corrected chi connectivity index (χ1v) is 11.4. The van der Waals surface area contributed by atoms with Crippen molar-refractivity contribution in [2.24, 2.45) is 4.99 Å². The number of nitrogens with zero attached hydrogens (tertiary/aromatic N) is 1. The van der Waals surface area contributed by atoms with Crippen LogP contribution in [0.25, 0.3) is 0 Å². The molecule has 5 nitrogen and oxygen atoms in total. The first kappa shape index (κ1) is 21.7. The number of nitrogens with one attached hydrogen (secondary N) is 2. The molecule has 1 unspecified atom stereocenters. The molecule has 0 radical (unpaired) electrons. The summed E-state index contributed by atoms with van der Waals surface area (Å²) in [6.45, 7) is 8.20. The van der Waals surface area contributed by atoms with Crippen molar-refractivity contribution in [1.29, 1.82) is 0 Å². The third-order valence-electron chi connectivity index (χ3n) is 5.73. The Morgan fingerprint density at radius 2 is 1.97 bits per heavy atom. The average Bonchev–Trinajstić information content (AvgIpc) is 3.30. The van der Waals surface area contributed by atoms with Crippen LogP contribution in [0.5, 0.6) is 5.75 Å². The van der Waals surface area contributed by atoms with Crippen molar-refractivity contribution in [2.45, 2.75) is 38.0 Å². The highest BCUT2D eigenvalue weighted by Gasteiger charge is 2.34. The van der Waals surface area contributed by atoms with Crippen molar-refractivity contribution < 1.29 is 9.47 Å². The van der Waals surface area contributed by atoms with Crippen molar-refractivity contribution in [3.05, 3.63) is 52.2 Å². The number of hydrogen-bond acceptors (Lipinski definition) is 4. The van der Waals surface area contributed by atoms with Gasteiger partial charge in [0.05, 0.1) is 6.61 Å². The molecule has 1 fully saturated rings. The predicted molar refractivity (Wildman–Crippen MR) is 121 cm³/mol. The average molecular weight is 416 g/mol. The summed E-state index contributed by atoms with van der Waals surface area (Å²) < 4.78 is 11.3. The summed E-state index contributed by atoms with van der Waals surface area (Å²) >= 11 is 1.74. The summed E-state index contributed by atoms with van der Waals surface area (Å²) in [6, 6.07) is 10.7. The minimum atomic E-state index is 0.0413. The summed E-state index contributed by atoms with van der Waals surface area (Å²) in [6.07, 6.45) is 1.99. The fourth-order valence-electron chi connectivity index (χ4n) is 3.80. The van der Waals surface area contributed by atoms with Crippen molar-refractivity contribution in [3.8, 4) is 5.75 Å². The van der Waals surface area contributed by atoms with Gasteiger partial charge in [0.15, 0.2) is 5.96 Å². The molecular weight excluding hydrogens is 382 g/mol. The van der Waals surface area contributed by atoms with E-state index >= 15 is 0 Å². The lowest BCUT2D eigenvalue weighted by Gasteiger charge is -2.38. The zero-order valence-electron chi connectivity index (χ0n) is 17.7. The Balaban J connectivity index is 1.63. The summed E-state index contributed by atoms with van der Waals surface area (Å²) in [5, 5.41) is 11.4. The summed E-state index contributed by atoms with van der Waals surface area (Å²) in [5.74, 6) is 2.22. The fraction of sp³-hybridized carbons (Fsp3) is 0.522. The highest BCUT2D eigenvalue weighted by atomic mass is 32.1. The first-order valence-electron chi connectivity index (χ1n) is 10.4. The predicted octanol–water partition coefficient (Wildman–Crippen LogP) is 4.16. The minimum absolute atomic E-state index is 0.0413. The number of guanidine groups is 1. The molecule has 1 saturated heterocycles. The van der Waals surface area contributed by atoms with Crippen molar-refractivity contribution >= 4 is 17.3 Å². The van der Waals surface area contributed by atoms with Crippen LogP contribution >= 0.6 is 11.3 Å². The molecule has 2 N–H and O–H groups in total. The second-order valence-corrected chi connectivity index (χ2v) is 8.39. The number of thiophene rings is 1. The summed E-state index contributed by atoms with van der Waals surface area (Å²) in [5.41, 5.74) is 2.74. The van der Waals surface area contributed by atoms with Gasteiger partial charge < -0.3 is 20.1 Å². The molecule has 1 aromatic heterocycles. The molecule has 2 aromatic rings. The smallest absolute Gasteiger partial charge is 0.191 e. The van der Waals surface area contributed by atoms with E-state index in [1.54, 1.807) is 11.3 Å². The molecule has 1 atom stereocenters. The molecule has 1 aliphatic rings. The van der Waals surface area contributed by atoms with Crippen LogP contribution in [0, 0.1) is 0 Å². The zero-order valence-corrected chi connectivity index (χ0v) is 18.6. The molecule has 0 bridgehead atoms. The number of ether oxygens (including phenoxy) is 2. The largest absolute Gasteiger partial charge is 0.494 e. The topological polar surface area (TPSA) is 54.9 Å². The van der Waals surface area contributed by atoms with Gasteiger partial charge in [-0.25, -0.2) is 0 Å². The summed E-state index contributed by atoms with van der Waals surface area (Å²) in [4.78, 5) is 4.43. The number of hydrogen-bond donors (Lipinski definition) is 2. The van der Waals surface area contributed by atoms with Crippen LogP contribution in [0.3, 0.4) is 0 Å². The van der Waals surface area contributed by atoms with E-state index in [0.717, 1.165) is 50.9 Å².